The zero-order valence-electron chi connectivity index (χ0n) is 7.34. The molecule has 2 N–H and O–H groups in total. The van der Waals surface area contributed by atoms with Crippen molar-refractivity contribution in [2.75, 3.05) is 19.3 Å². The van der Waals surface area contributed by atoms with E-state index in [0.29, 0.717) is 6.54 Å². The molecular weight excluding hydrogens is 176 g/mol. The quantitative estimate of drug-likeness (QED) is 0.627. The Bertz CT molecular complexity index is 222. The van der Waals surface area contributed by atoms with Gasteiger partial charge in [0.05, 0.1) is 5.75 Å². The predicted octanol–water partition coefficient (Wildman–Crippen LogP) is -0.322. The van der Waals surface area contributed by atoms with E-state index in [1.165, 1.54) is 0 Å². The highest BCUT2D eigenvalue weighted by Gasteiger charge is 2.22. The minimum atomic E-state index is -3.02. The minimum absolute atomic E-state index is 0.181. The summed E-state index contributed by atoms with van der Waals surface area (Å²) < 4.78 is 25.1. The van der Waals surface area contributed by atoms with Crippen molar-refractivity contribution in [3.05, 3.63) is 0 Å². The molecule has 5 heteroatoms. The molecule has 4 nitrogen and oxygen atoms in total. The second kappa shape index (κ2) is 4.20. The Hall–Kier alpha value is -0.130. The van der Waals surface area contributed by atoms with Crippen LogP contribution < -0.4 is 10.0 Å². The highest BCUT2D eigenvalue weighted by Crippen LogP contribution is 2.18. The molecule has 0 heterocycles. The third-order valence-corrected chi connectivity index (χ3v) is 3.51. The molecule has 12 heavy (non-hydrogen) atoms. The van der Waals surface area contributed by atoms with Crippen molar-refractivity contribution < 1.29 is 8.42 Å². The lowest BCUT2D eigenvalue weighted by Gasteiger charge is -2.25. The highest BCUT2D eigenvalue weighted by molar-refractivity contribution is 7.89. The average molecular weight is 192 g/mol. The van der Waals surface area contributed by atoms with Crippen LogP contribution in [0.1, 0.15) is 19.3 Å². The van der Waals surface area contributed by atoms with E-state index >= 15 is 0 Å². The number of rotatable bonds is 5. The third-order valence-electron chi connectivity index (χ3n) is 2.07. The number of nitrogens with one attached hydrogen (secondary N) is 2. The molecule has 0 aromatic rings. The molecule has 0 aromatic heterocycles. The van der Waals surface area contributed by atoms with Crippen LogP contribution in [0.25, 0.3) is 0 Å². The van der Waals surface area contributed by atoms with E-state index in [0.717, 1.165) is 19.3 Å². The van der Waals surface area contributed by atoms with Crippen LogP contribution in [0.2, 0.25) is 0 Å². The van der Waals surface area contributed by atoms with Gasteiger partial charge < -0.3 is 5.32 Å². The van der Waals surface area contributed by atoms with Gasteiger partial charge in [0.15, 0.2) is 0 Å². The molecule has 1 fully saturated rings. The molecule has 1 saturated carbocycles. The van der Waals surface area contributed by atoms with Crippen molar-refractivity contribution >= 4 is 10.0 Å². The normalized spacial score (nSPS) is 19.1. The SMILES string of the molecule is CNCCS(=O)(=O)NC1CCC1. The Labute approximate surface area is 73.8 Å². The van der Waals surface area contributed by atoms with E-state index in [9.17, 15) is 8.42 Å². The first kappa shape index (κ1) is 9.95. The third kappa shape index (κ3) is 3.08. The summed E-state index contributed by atoms with van der Waals surface area (Å²) >= 11 is 0. The van der Waals surface area contributed by atoms with Gasteiger partial charge >= 0.3 is 0 Å². The summed E-state index contributed by atoms with van der Waals surface area (Å²) in [6.07, 6.45) is 3.15. The van der Waals surface area contributed by atoms with Crippen molar-refractivity contribution in [2.24, 2.45) is 0 Å². The standard InChI is InChI=1S/C7H16N2O2S/c1-8-5-6-12(10,11)9-7-3-2-4-7/h7-9H,2-6H2,1H3. The van der Waals surface area contributed by atoms with Crippen LogP contribution in [0.4, 0.5) is 0 Å². The Kier molecular flexibility index (Phi) is 3.49. The van der Waals surface area contributed by atoms with Gasteiger partial charge in [0.25, 0.3) is 0 Å². The summed E-state index contributed by atoms with van der Waals surface area (Å²) in [6.45, 7) is 0.516. The van der Waals surface area contributed by atoms with Crippen molar-refractivity contribution in [3.8, 4) is 0 Å². The molecular formula is C7H16N2O2S. The Morgan fingerprint density at radius 3 is 2.50 bits per heavy atom. The summed E-state index contributed by atoms with van der Waals surface area (Å²) in [6, 6.07) is 0.215. The summed E-state index contributed by atoms with van der Waals surface area (Å²) in [5.41, 5.74) is 0. The molecule has 1 aliphatic carbocycles. The Balaban J connectivity index is 2.27. The lowest BCUT2D eigenvalue weighted by Crippen LogP contribution is -2.42. The molecule has 72 valence electrons. The smallest absolute Gasteiger partial charge is 0.213 e. The fourth-order valence-corrected chi connectivity index (χ4v) is 2.41. The summed E-state index contributed by atoms with van der Waals surface area (Å²) in [7, 11) is -1.27. The maximum atomic E-state index is 11.2. The molecule has 0 aromatic carbocycles. The van der Waals surface area contributed by atoms with Gasteiger partial charge in [0, 0.05) is 12.6 Å². The molecule has 0 saturated heterocycles. The molecule has 0 bridgehead atoms. The molecule has 0 radical (unpaired) electrons. The second-order valence-corrected chi connectivity index (χ2v) is 5.04. The topological polar surface area (TPSA) is 58.2 Å². The maximum Gasteiger partial charge on any atom is 0.213 e. The van der Waals surface area contributed by atoms with Gasteiger partial charge in [-0.15, -0.1) is 0 Å². The molecule has 1 aliphatic rings. The molecule has 0 spiro atoms. The van der Waals surface area contributed by atoms with Crippen LogP contribution >= 0.6 is 0 Å². The van der Waals surface area contributed by atoms with Crippen LogP contribution in [0.3, 0.4) is 0 Å². The minimum Gasteiger partial charge on any atom is -0.319 e. The van der Waals surface area contributed by atoms with Gasteiger partial charge in [0.1, 0.15) is 0 Å². The lowest BCUT2D eigenvalue weighted by atomic mass is 9.94. The van der Waals surface area contributed by atoms with Crippen LogP contribution in [0.15, 0.2) is 0 Å². The summed E-state index contributed by atoms with van der Waals surface area (Å²) in [5.74, 6) is 0.181. The van der Waals surface area contributed by atoms with Gasteiger partial charge in [-0.25, -0.2) is 13.1 Å². The van der Waals surface area contributed by atoms with Crippen molar-refractivity contribution in [2.45, 2.75) is 25.3 Å². The van der Waals surface area contributed by atoms with Gasteiger partial charge in [0.2, 0.25) is 10.0 Å². The summed E-state index contributed by atoms with van der Waals surface area (Å²) in [5, 5.41) is 2.81. The Morgan fingerprint density at radius 2 is 2.08 bits per heavy atom. The zero-order chi connectivity index (χ0) is 9.03. The maximum absolute atomic E-state index is 11.2. The van der Waals surface area contributed by atoms with Crippen LogP contribution in [-0.2, 0) is 10.0 Å². The molecule has 0 unspecified atom stereocenters. The first-order valence-electron chi connectivity index (χ1n) is 4.28. The van der Waals surface area contributed by atoms with Crippen LogP contribution in [0.5, 0.6) is 0 Å². The van der Waals surface area contributed by atoms with E-state index in [-0.39, 0.29) is 11.8 Å². The monoisotopic (exact) mass is 192 g/mol. The van der Waals surface area contributed by atoms with Crippen molar-refractivity contribution in [3.63, 3.8) is 0 Å². The predicted molar refractivity (Wildman–Crippen MR) is 48.5 cm³/mol. The molecule has 0 amide bonds. The van der Waals surface area contributed by atoms with Crippen LogP contribution in [-0.4, -0.2) is 33.8 Å². The first-order valence-corrected chi connectivity index (χ1v) is 5.94. The van der Waals surface area contributed by atoms with Crippen molar-refractivity contribution in [1.29, 1.82) is 0 Å². The van der Waals surface area contributed by atoms with E-state index in [1.54, 1.807) is 7.05 Å². The molecule has 0 aliphatic heterocycles. The zero-order valence-corrected chi connectivity index (χ0v) is 8.15. The second-order valence-electron chi connectivity index (χ2n) is 3.17. The molecule has 0 atom stereocenters. The van der Waals surface area contributed by atoms with Gasteiger partial charge in [-0.3, -0.25) is 0 Å². The number of sulfonamides is 1. The largest absolute Gasteiger partial charge is 0.319 e. The van der Waals surface area contributed by atoms with Gasteiger partial charge in [-0.05, 0) is 19.9 Å². The fraction of sp³-hybridized carbons (Fsp3) is 1.00. The van der Waals surface area contributed by atoms with Crippen molar-refractivity contribution in [1.82, 2.24) is 10.0 Å². The van der Waals surface area contributed by atoms with E-state index in [2.05, 4.69) is 10.0 Å². The van der Waals surface area contributed by atoms with Gasteiger partial charge in [-0.2, -0.15) is 0 Å². The first-order chi connectivity index (χ1) is 5.64. The fourth-order valence-electron chi connectivity index (χ4n) is 1.08. The van der Waals surface area contributed by atoms with E-state index < -0.39 is 10.0 Å². The van der Waals surface area contributed by atoms with Crippen LogP contribution in [0, 0.1) is 0 Å². The number of hydrogen-bond acceptors (Lipinski definition) is 3. The van der Waals surface area contributed by atoms with E-state index in [1.807, 2.05) is 0 Å². The van der Waals surface area contributed by atoms with E-state index in [4.69, 9.17) is 0 Å². The molecule has 1 rings (SSSR count). The number of hydrogen-bond donors (Lipinski definition) is 2. The van der Waals surface area contributed by atoms with Gasteiger partial charge in [-0.1, -0.05) is 6.42 Å². The average Bonchev–Trinajstić information content (AvgIpc) is 1.94. The Morgan fingerprint density at radius 1 is 1.42 bits per heavy atom. The lowest BCUT2D eigenvalue weighted by molar-refractivity contribution is 0.383. The summed E-state index contributed by atoms with van der Waals surface area (Å²) in [4.78, 5) is 0. The highest BCUT2D eigenvalue weighted by atomic mass is 32.2.